The van der Waals surface area contributed by atoms with Crippen LogP contribution in [0.4, 0.5) is 0 Å². The molecule has 7 heteroatoms. The highest BCUT2D eigenvalue weighted by Crippen LogP contribution is 2.31. The van der Waals surface area contributed by atoms with Gasteiger partial charge in [-0.3, -0.25) is 9.36 Å². The lowest BCUT2D eigenvalue weighted by Crippen LogP contribution is -2.39. The van der Waals surface area contributed by atoms with E-state index in [4.69, 9.17) is 4.74 Å². The number of thiazole rings is 1. The first-order valence-corrected chi connectivity index (χ1v) is 11.3. The van der Waals surface area contributed by atoms with Crippen LogP contribution in [0.15, 0.2) is 62.8 Å². The number of ether oxygens (including phenoxy) is 1. The van der Waals surface area contributed by atoms with Crippen LogP contribution in [0.5, 0.6) is 0 Å². The van der Waals surface area contributed by atoms with Gasteiger partial charge in [-0.1, -0.05) is 55.5 Å². The molecule has 1 aromatic carbocycles. The van der Waals surface area contributed by atoms with Gasteiger partial charge in [0.2, 0.25) is 0 Å². The first-order valence-electron chi connectivity index (χ1n) is 9.65. The number of aromatic nitrogens is 1. The van der Waals surface area contributed by atoms with Crippen LogP contribution in [-0.4, -0.2) is 17.6 Å². The second-order valence-electron chi connectivity index (χ2n) is 7.41. The number of methoxy groups -OCH3 is 1. The summed E-state index contributed by atoms with van der Waals surface area (Å²) in [6.45, 7) is 6.05. The van der Waals surface area contributed by atoms with Gasteiger partial charge in [0.15, 0.2) is 4.80 Å². The topological polar surface area (TPSA) is 60.7 Å². The summed E-state index contributed by atoms with van der Waals surface area (Å²) in [7, 11) is 1.35. The fourth-order valence-corrected chi connectivity index (χ4v) is 5.34. The minimum Gasteiger partial charge on any atom is -0.466 e. The van der Waals surface area contributed by atoms with Gasteiger partial charge in [-0.2, -0.15) is 0 Å². The van der Waals surface area contributed by atoms with Gasteiger partial charge in [0, 0.05) is 4.88 Å². The van der Waals surface area contributed by atoms with E-state index in [-0.39, 0.29) is 5.56 Å². The Balaban J connectivity index is 1.95. The van der Waals surface area contributed by atoms with Crippen LogP contribution in [0, 0.1) is 0 Å². The fraction of sp³-hybridized carbons (Fsp3) is 0.261. The van der Waals surface area contributed by atoms with E-state index in [1.807, 2.05) is 47.9 Å². The van der Waals surface area contributed by atoms with Crippen molar-refractivity contribution in [3.8, 4) is 0 Å². The number of rotatable bonds is 4. The highest BCUT2D eigenvalue weighted by atomic mass is 32.1. The number of fused-ring (bicyclic) bond motifs is 1. The molecule has 0 bridgehead atoms. The van der Waals surface area contributed by atoms with E-state index in [0.717, 1.165) is 10.4 Å². The summed E-state index contributed by atoms with van der Waals surface area (Å²) in [5, 5.41) is 1.97. The Morgan fingerprint density at radius 1 is 1.23 bits per heavy atom. The van der Waals surface area contributed by atoms with Gasteiger partial charge in [-0.15, -0.1) is 11.3 Å². The van der Waals surface area contributed by atoms with Crippen LogP contribution in [0.1, 0.15) is 48.7 Å². The summed E-state index contributed by atoms with van der Waals surface area (Å²) in [5.41, 5.74) is 2.87. The summed E-state index contributed by atoms with van der Waals surface area (Å²) in [6.07, 6.45) is 1.88. The highest BCUT2D eigenvalue weighted by Gasteiger charge is 2.33. The number of carbonyl (C=O) groups excluding carboxylic acids is 1. The molecule has 1 aliphatic rings. The molecule has 1 unspecified atom stereocenters. The second kappa shape index (κ2) is 8.16. The predicted octanol–water partition coefficient (Wildman–Crippen LogP) is 3.59. The summed E-state index contributed by atoms with van der Waals surface area (Å²) >= 11 is 2.91. The van der Waals surface area contributed by atoms with Crippen molar-refractivity contribution in [3.05, 3.63) is 88.7 Å². The third kappa shape index (κ3) is 3.59. The van der Waals surface area contributed by atoms with Crippen LogP contribution in [0.3, 0.4) is 0 Å². The lowest BCUT2D eigenvalue weighted by molar-refractivity contribution is -0.136. The number of benzene rings is 1. The number of thiophene rings is 1. The maximum absolute atomic E-state index is 13.4. The van der Waals surface area contributed by atoms with Crippen molar-refractivity contribution in [2.24, 2.45) is 4.99 Å². The fourth-order valence-electron chi connectivity index (χ4n) is 3.57. The number of hydrogen-bond acceptors (Lipinski definition) is 6. The van der Waals surface area contributed by atoms with Crippen molar-refractivity contribution in [1.82, 2.24) is 4.57 Å². The largest absolute Gasteiger partial charge is 0.466 e. The molecule has 0 amide bonds. The average Bonchev–Trinajstić information content (AvgIpc) is 3.35. The van der Waals surface area contributed by atoms with E-state index in [9.17, 15) is 9.59 Å². The van der Waals surface area contributed by atoms with Crippen molar-refractivity contribution < 1.29 is 9.53 Å². The molecule has 4 rings (SSSR count). The standard InChI is InChI=1S/C23H22N2O3S2/c1-13(2)15-7-9-16(10-8-15)20-19(22(27)28-4)14(3)24-23-25(20)21(26)18(30-23)12-17-6-5-11-29-17/h5-13,20H,1-4H3/b18-12+. The lowest BCUT2D eigenvalue weighted by Gasteiger charge is -2.24. The maximum Gasteiger partial charge on any atom is 0.338 e. The molecule has 1 aliphatic heterocycles. The molecular formula is C23H22N2O3S2. The van der Waals surface area contributed by atoms with Crippen LogP contribution in [0.25, 0.3) is 6.08 Å². The number of hydrogen-bond donors (Lipinski definition) is 0. The Hall–Kier alpha value is -2.77. The minimum absolute atomic E-state index is 0.154. The molecule has 0 fully saturated rings. The van der Waals surface area contributed by atoms with Gasteiger partial charge < -0.3 is 4.74 Å². The van der Waals surface area contributed by atoms with Crippen molar-refractivity contribution >= 4 is 34.7 Å². The quantitative estimate of drug-likeness (QED) is 0.585. The molecule has 0 radical (unpaired) electrons. The summed E-state index contributed by atoms with van der Waals surface area (Å²) in [6, 6.07) is 11.4. The summed E-state index contributed by atoms with van der Waals surface area (Å²) in [5.74, 6) is -0.0779. The third-order valence-corrected chi connectivity index (χ3v) is 6.96. The molecule has 3 heterocycles. The van der Waals surface area contributed by atoms with E-state index < -0.39 is 12.0 Å². The average molecular weight is 439 g/mol. The highest BCUT2D eigenvalue weighted by molar-refractivity contribution is 7.11. The molecule has 0 saturated heterocycles. The van der Waals surface area contributed by atoms with Gasteiger partial charge in [0.05, 0.1) is 29.0 Å². The zero-order chi connectivity index (χ0) is 21.4. The predicted molar refractivity (Wildman–Crippen MR) is 121 cm³/mol. The minimum atomic E-state index is -0.569. The monoisotopic (exact) mass is 438 g/mol. The van der Waals surface area contributed by atoms with Crippen LogP contribution in [0.2, 0.25) is 0 Å². The van der Waals surface area contributed by atoms with E-state index in [1.54, 1.807) is 22.8 Å². The Morgan fingerprint density at radius 2 is 1.97 bits per heavy atom. The van der Waals surface area contributed by atoms with Crippen molar-refractivity contribution in [3.63, 3.8) is 0 Å². The normalized spacial score (nSPS) is 16.6. The number of allylic oxidation sites excluding steroid dienone is 1. The SMILES string of the molecule is COC(=O)C1=C(C)N=c2s/c(=C/c3cccs3)c(=O)n2C1c1ccc(C(C)C)cc1. The molecule has 1 atom stereocenters. The van der Waals surface area contributed by atoms with E-state index in [2.05, 4.69) is 18.8 Å². The Labute approximate surface area is 182 Å². The molecule has 154 valence electrons. The van der Waals surface area contributed by atoms with Gasteiger partial charge in [-0.05, 0) is 41.5 Å². The van der Waals surface area contributed by atoms with Crippen LogP contribution < -0.4 is 14.9 Å². The van der Waals surface area contributed by atoms with Gasteiger partial charge >= 0.3 is 5.97 Å². The molecular weight excluding hydrogens is 416 g/mol. The first-order chi connectivity index (χ1) is 14.4. The van der Waals surface area contributed by atoms with Gasteiger partial charge in [0.1, 0.15) is 0 Å². The maximum atomic E-state index is 13.4. The Kier molecular flexibility index (Phi) is 5.58. The van der Waals surface area contributed by atoms with Crippen molar-refractivity contribution in [2.45, 2.75) is 32.7 Å². The van der Waals surface area contributed by atoms with Crippen LogP contribution >= 0.6 is 22.7 Å². The van der Waals surface area contributed by atoms with Gasteiger partial charge in [-0.25, -0.2) is 9.79 Å². The smallest absolute Gasteiger partial charge is 0.338 e. The van der Waals surface area contributed by atoms with Crippen molar-refractivity contribution in [1.29, 1.82) is 0 Å². The zero-order valence-corrected chi connectivity index (χ0v) is 18.8. The molecule has 30 heavy (non-hydrogen) atoms. The first kappa shape index (κ1) is 20.5. The molecule has 0 saturated carbocycles. The Bertz CT molecular complexity index is 1290. The zero-order valence-electron chi connectivity index (χ0n) is 17.2. The van der Waals surface area contributed by atoms with E-state index in [1.165, 1.54) is 24.0 Å². The molecule has 0 spiro atoms. The summed E-state index contributed by atoms with van der Waals surface area (Å²) in [4.78, 5) is 32.2. The van der Waals surface area contributed by atoms with E-state index in [0.29, 0.717) is 26.5 Å². The van der Waals surface area contributed by atoms with E-state index >= 15 is 0 Å². The van der Waals surface area contributed by atoms with Crippen molar-refractivity contribution in [2.75, 3.05) is 7.11 Å². The second-order valence-corrected chi connectivity index (χ2v) is 9.40. The lowest BCUT2D eigenvalue weighted by atomic mass is 9.93. The Morgan fingerprint density at radius 3 is 2.57 bits per heavy atom. The number of nitrogens with zero attached hydrogens (tertiary/aromatic N) is 2. The summed E-state index contributed by atoms with van der Waals surface area (Å²) < 4.78 is 7.26. The molecule has 2 aromatic heterocycles. The van der Waals surface area contributed by atoms with Crippen LogP contribution in [-0.2, 0) is 9.53 Å². The molecule has 0 N–H and O–H groups in total. The number of carbonyl (C=O) groups is 1. The molecule has 3 aromatic rings. The third-order valence-electron chi connectivity index (χ3n) is 5.16. The van der Waals surface area contributed by atoms with Gasteiger partial charge in [0.25, 0.3) is 5.56 Å². The molecule has 5 nitrogen and oxygen atoms in total. The number of esters is 1. The molecule has 0 aliphatic carbocycles.